The van der Waals surface area contributed by atoms with E-state index in [4.69, 9.17) is 21.1 Å². The number of aldehydes is 1. The number of hydrogen-bond donors (Lipinski definition) is 3. The number of ether oxygens (including phenoxy) is 2. The van der Waals surface area contributed by atoms with Crippen LogP contribution in [0.2, 0.25) is 5.02 Å². The molecule has 0 fully saturated rings. The number of aryl methyl sites for hydroxylation is 1. The summed E-state index contributed by atoms with van der Waals surface area (Å²) in [5.41, 5.74) is 1.14. The molecule has 2 aromatic rings. The Bertz CT molecular complexity index is 858. The van der Waals surface area contributed by atoms with Crippen LogP contribution in [-0.4, -0.2) is 42.6 Å². The zero-order chi connectivity index (χ0) is 20.1. The first kappa shape index (κ1) is 20.8. The van der Waals surface area contributed by atoms with Crippen molar-refractivity contribution in [3.8, 4) is 11.5 Å². The van der Waals surface area contributed by atoms with Crippen molar-refractivity contribution in [3.05, 3.63) is 46.5 Å². The molecule has 7 nitrogen and oxygen atoms in total. The van der Waals surface area contributed by atoms with E-state index in [0.29, 0.717) is 22.7 Å². The van der Waals surface area contributed by atoms with Gasteiger partial charge in [0, 0.05) is 11.1 Å². The van der Waals surface area contributed by atoms with E-state index in [1.165, 1.54) is 32.2 Å². The summed E-state index contributed by atoms with van der Waals surface area (Å²) in [6.45, 7) is 3.29. The highest BCUT2D eigenvalue weighted by Crippen LogP contribution is 2.31. The molecule has 142 valence electrons. The number of amides is 1. The molecule has 0 spiro atoms. The van der Waals surface area contributed by atoms with Gasteiger partial charge in [0.15, 0.2) is 12.4 Å². The van der Waals surface area contributed by atoms with Crippen LogP contribution in [-0.2, 0) is 4.79 Å². The van der Waals surface area contributed by atoms with E-state index in [0.717, 1.165) is 5.56 Å². The molecule has 0 saturated carbocycles. The molecule has 9 heteroatoms. The van der Waals surface area contributed by atoms with Crippen LogP contribution in [0.4, 0.5) is 5.69 Å². The van der Waals surface area contributed by atoms with Crippen LogP contribution in [0.5, 0.6) is 11.5 Å². The van der Waals surface area contributed by atoms with Crippen molar-refractivity contribution in [2.75, 3.05) is 12.4 Å². The first-order valence-electron chi connectivity index (χ1n) is 8.04. The maximum absolute atomic E-state index is 12.5. The van der Waals surface area contributed by atoms with E-state index in [1.54, 1.807) is 19.1 Å². The van der Waals surface area contributed by atoms with Gasteiger partial charge < -0.3 is 24.8 Å². The van der Waals surface area contributed by atoms with Gasteiger partial charge in [-0.15, -0.1) is 0 Å². The maximum Gasteiger partial charge on any atom is 0.489 e. The molecule has 3 N–H and O–H groups in total. The van der Waals surface area contributed by atoms with Crippen LogP contribution in [0.1, 0.15) is 22.8 Å². The zero-order valence-electron chi connectivity index (χ0n) is 15.0. The van der Waals surface area contributed by atoms with Gasteiger partial charge in [0.1, 0.15) is 11.5 Å². The van der Waals surface area contributed by atoms with Crippen LogP contribution in [0, 0.1) is 6.92 Å². The maximum atomic E-state index is 12.5. The summed E-state index contributed by atoms with van der Waals surface area (Å²) in [7, 11) is -0.377. The van der Waals surface area contributed by atoms with Gasteiger partial charge in [-0.25, -0.2) is 0 Å². The molecule has 0 aliphatic carbocycles. The normalized spacial score (nSPS) is 11.5. The van der Waals surface area contributed by atoms with Crippen LogP contribution in [0.15, 0.2) is 30.3 Å². The fourth-order valence-electron chi connectivity index (χ4n) is 2.42. The molecule has 1 atom stereocenters. The van der Waals surface area contributed by atoms with Gasteiger partial charge in [-0.3, -0.25) is 9.59 Å². The minimum absolute atomic E-state index is 0.00916. The lowest BCUT2D eigenvalue weighted by atomic mass is 9.77. The highest BCUT2D eigenvalue weighted by molar-refractivity contribution is 6.60. The Morgan fingerprint density at radius 1 is 1.30 bits per heavy atom. The summed E-state index contributed by atoms with van der Waals surface area (Å²) >= 11 is 6.05. The first-order chi connectivity index (χ1) is 12.8. The molecule has 2 rings (SSSR count). The van der Waals surface area contributed by atoms with Crippen molar-refractivity contribution < 1.29 is 29.1 Å². The summed E-state index contributed by atoms with van der Waals surface area (Å²) in [6.07, 6.45) is -0.532. The van der Waals surface area contributed by atoms with Gasteiger partial charge in [0.25, 0.3) is 5.91 Å². The number of carbonyl (C=O) groups is 2. The lowest BCUT2D eigenvalue weighted by molar-refractivity contribution is -0.122. The Morgan fingerprint density at radius 2 is 2.00 bits per heavy atom. The number of carbonyl (C=O) groups excluding carboxylic acids is 2. The topological polar surface area (TPSA) is 105 Å². The minimum atomic E-state index is -1.83. The fraction of sp³-hybridized carbons (Fsp3) is 0.222. The van der Waals surface area contributed by atoms with Crippen LogP contribution >= 0.6 is 11.6 Å². The van der Waals surface area contributed by atoms with Gasteiger partial charge in [-0.2, -0.15) is 0 Å². The van der Waals surface area contributed by atoms with E-state index in [9.17, 15) is 19.6 Å². The number of nitrogens with one attached hydrogen (secondary N) is 1. The number of benzene rings is 2. The number of rotatable bonds is 7. The summed E-state index contributed by atoms with van der Waals surface area (Å²) in [5.74, 6) is -0.0237. The molecule has 0 aliphatic rings. The average Bonchev–Trinajstić information content (AvgIpc) is 2.63. The van der Waals surface area contributed by atoms with Gasteiger partial charge in [-0.05, 0) is 37.0 Å². The molecular weight excluding hydrogens is 372 g/mol. The molecule has 2 aromatic carbocycles. The standard InChI is InChI=1S/C18H19BClNO6/c1-10-7-15(17(26-3)8-14(10)20)21-18(23)11(2)27-16-6-4-5-13(19(24)25)12(16)9-22/h4-9,11,24-25H,1-3H3,(H,21,23). The number of halogens is 1. The van der Waals surface area contributed by atoms with E-state index >= 15 is 0 Å². The first-order valence-corrected chi connectivity index (χ1v) is 8.42. The van der Waals surface area contributed by atoms with Crippen molar-refractivity contribution in [2.24, 2.45) is 0 Å². The quantitative estimate of drug-likeness (QED) is 0.489. The van der Waals surface area contributed by atoms with Crippen LogP contribution in [0.25, 0.3) is 0 Å². The third-order valence-corrected chi connectivity index (χ3v) is 4.31. The molecule has 0 heterocycles. The Balaban J connectivity index is 2.21. The highest BCUT2D eigenvalue weighted by Gasteiger charge is 2.22. The highest BCUT2D eigenvalue weighted by atomic mass is 35.5. The third-order valence-electron chi connectivity index (χ3n) is 3.91. The Kier molecular flexibility index (Phi) is 6.84. The van der Waals surface area contributed by atoms with Crippen LogP contribution < -0.4 is 20.3 Å². The van der Waals surface area contributed by atoms with E-state index < -0.39 is 19.1 Å². The van der Waals surface area contributed by atoms with Gasteiger partial charge >= 0.3 is 7.12 Å². The smallest absolute Gasteiger partial charge is 0.489 e. The second-order valence-electron chi connectivity index (χ2n) is 5.80. The van der Waals surface area contributed by atoms with Gasteiger partial charge in [0.2, 0.25) is 0 Å². The Hall–Kier alpha value is -2.55. The number of hydrogen-bond acceptors (Lipinski definition) is 6. The summed E-state index contributed by atoms with van der Waals surface area (Å²) < 4.78 is 10.8. The predicted molar refractivity (Wildman–Crippen MR) is 103 cm³/mol. The number of methoxy groups -OCH3 is 1. The second kappa shape index (κ2) is 8.90. The Labute approximate surface area is 162 Å². The SMILES string of the molecule is COc1cc(Cl)c(C)cc1NC(=O)C(C)Oc1cccc(B(O)O)c1C=O. The van der Waals surface area contributed by atoms with Crippen molar-refractivity contribution in [3.63, 3.8) is 0 Å². The van der Waals surface area contributed by atoms with E-state index in [2.05, 4.69) is 5.32 Å². The largest absolute Gasteiger partial charge is 0.495 e. The lowest BCUT2D eigenvalue weighted by Crippen LogP contribution is -2.35. The number of anilines is 1. The van der Waals surface area contributed by atoms with Crippen molar-refractivity contribution in [1.82, 2.24) is 0 Å². The molecule has 0 aliphatic heterocycles. The summed E-state index contributed by atoms with van der Waals surface area (Å²) in [5, 5.41) is 21.9. The van der Waals surface area contributed by atoms with Crippen molar-refractivity contribution >= 4 is 42.1 Å². The van der Waals surface area contributed by atoms with Crippen LogP contribution in [0.3, 0.4) is 0 Å². The average molecular weight is 392 g/mol. The summed E-state index contributed by atoms with van der Waals surface area (Å²) in [4.78, 5) is 23.8. The monoisotopic (exact) mass is 391 g/mol. The Morgan fingerprint density at radius 3 is 2.59 bits per heavy atom. The third kappa shape index (κ3) is 4.79. The molecule has 27 heavy (non-hydrogen) atoms. The zero-order valence-corrected chi connectivity index (χ0v) is 15.8. The van der Waals surface area contributed by atoms with Crippen molar-refractivity contribution in [1.29, 1.82) is 0 Å². The molecular formula is C18H19BClNO6. The van der Waals surface area contributed by atoms with E-state index in [-0.39, 0.29) is 16.8 Å². The van der Waals surface area contributed by atoms with Crippen molar-refractivity contribution in [2.45, 2.75) is 20.0 Å². The fourth-order valence-corrected chi connectivity index (χ4v) is 2.58. The molecule has 0 bridgehead atoms. The predicted octanol–water partition coefficient (Wildman–Crippen LogP) is 1.56. The molecule has 0 saturated heterocycles. The summed E-state index contributed by atoms with van der Waals surface area (Å²) in [6, 6.07) is 7.60. The lowest BCUT2D eigenvalue weighted by Gasteiger charge is -2.18. The van der Waals surface area contributed by atoms with Gasteiger partial charge in [0.05, 0.1) is 18.4 Å². The molecule has 0 aromatic heterocycles. The molecule has 0 radical (unpaired) electrons. The second-order valence-corrected chi connectivity index (χ2v) is 6.21. The van der Waals surface area contributed by atoms with E-state index in [1.807, 2.05) is 0 Å². The molecule has 1 amide bonds. The van der Waals surface area contributed by atoms with Gasteiger partial charge in [-0.1, -0.05) is 23.7 Å². The minimum Gasteiger partial charge on any atom is -0.495 e. The molecule has 1 unspecified atom stereocenters.